The first kappa shape index (κ1) is 22.4. The summed E-state index contributed by atoms with van der Waals surface area (Å²) in [6.45, 7) is 2.02. The zero-order valence-corrected chi connectivity index (χ0v) is 15.6. The molecule has 1 amide bonds. The molecule has 27 heavy (non-hydrogen) atoms. The molecule has 11 nitrogen and oxygen atoms in total. The molecule has 10 atom stereocenters. The van der Waals surface area contributed by atoms with Gasteiger partial charge in [-0.25, -0.2) is 0 Å². The summed E-state index contributed by atoms with van der Waals surface area (Å²) in [5, 5.41) is 42.7. The van der Waals surface area contributed by atoms with Crippen LogP contribution in [0.3, 0.4) is 0 Å². The molecule has 0 radical (unpaired) electrons. The van der Waals surface area contributed by atoms with Gasteiger partial charge in [-0.15, -0.1) is 0 Å². The van der Waals surface area contributed by atoms with E-state index in [-0.39, 0.29) is 0 Å². The highest BCUT2D eigenvalue weighted by Gasteiger charge is 2.50. The van der Waals surface area contributed by atoms with Crippen molar-refractivity contribution in [1.82, 2.24) is 5.32 Å². The summed E-state index contributed by atoms with van der Waals surface area (Å²) >= 11 is 0. The Morgan fingerprint density at radius 3 is 2.22 bits per heavy atom. The number of nitrogens with two attached hydrogens (primary N) is 1. The number of amides is 1. The van der Waals surface area contributed by atoms with Crippen molar-refractivity contribution in [2.75, 3.05) is 20.3 Å². The monoisotopic (exact) mass is 394 g/mol. The van der Waals surface area contributed by atoms with Crippen molar-refractivity contribution in [2.45, 2.75) is 74.9 Å². The van der Waals surface area contributed by atoms with E-state index in [9.17, 15) is 25.2 Å². The second kappa shape index (κ2) is 9.54. The SMILES string of the molecule is CO[C@@H]1C(CO)O[C@@H](O[C@@H]2C(CO)O[C@@H](C)C(N)C2O)C(NC(C)=O)[C@H]1O. The largest absolute Gasteiger partial charge is 0.394 e. The first-order chi connectivity index (χ1) is 12.7. The highest BCUT2D eigenvalue weighted by Crippen LogP contribution is 2.29. The van der Waals surface area contributed by atoms with Crippen molar-refractivity contribution in [3.8, 4) is 0 Å². The number of carbonyl (C=O) groups excluding carboxylic acids is 1. The van der Waals surface area contributed by atoms with Gasteiger partial charge < -0.3 is 50.4 Å². The maximum atomic E-state index is 11.6. The smallest absolute Gasteiger partial charge is 0.217 e. The van der Waals surface area contributed by atoms with Gasteiger partial charge in [-0.3, -0.25) is 4.79 Å². The van der Waals surface area contributed by atoms with Crippen molar-refractivity contribution < 1.29 is 44.2 Å². The fraction of sp³-hybridized carbons (Fsp3) is 0.938. The number of aliphatic hydroxyl groups is 4. The molecule has 0 aromatic heterocycles. The summed E-state index contributed by atoms with van der Waals surface area (Å²) in [6.07, 6.45) is -7.99. The van der Waals surface area contributed by atoms with Crippen molar-refractivity contribution in [1.29, 1.82) is 0 Å². The summed E-state index contributed by atoms with van der Waals surface area (Å²) in [7, 11) is 1.34. The minimum atomic E-state index is -1.25. The molecule has 0 aromatic carbocycles. The van der Waals surface area contributed by atoms with Crippen molar-refractivity contribution in [3.05, 3.63) is 0 Å². The predicted molar refractivity (Wildman–Crippen MR) is 90.4 cm³/mol. The first-order valence-corrected chi connectivity index (χ1v) is 8.84. The highest BCUT2D eigenvalue weighted by atomic mass is 16.7. The standard InChI is InChI=1S/C16H30N2O9/c1-6-10(17)12(22)15(9(5-20)25-6)27-16-11(18-7(2)21)13(23)14(24-3)8(4-19)26-16/h6,8-16,19-20,22-23H,4-5,17H2,1-3H3,(H,18,21)/t6-,8?,9?,10?,11?,12?,13+,14+,15+,16-/m0/s1. The lowest BCUT2D eigenvalue weighted by Gasteiger charge is -2.47. The number of carbonyl (C=O) groups is 1. The van der Waals surface area contributed by atoms with Crippen LogP contribution in [0.4, 0.5) is 0 Å². The van der Waals surface area contributed by atoms with Gasteiger partial charge in [0.25, 0.3) is 0 Å². The van der Waals surface area contributed by atoms with Crippen molar-refractivity contribution in [3.63, 3.8) is 0 Å². The fourth-order valence-electron chi connectivity index (χ4n) is 3.49. The van der Waals surface area contributed by atoms with E-state index in [0.29, 0.717) is 0 Å². The summed E-state index contributed by atoms with van der Waals surface area (Å²) in [5.74, 6) is -0.446. The van der Waals surface area contributed by atoms with E-state index >= 15 is 0 Å². The Hall–Kier alpha value is -0.890. The molecule has 2 rings (SSSR count). The van der Waals surface area contributed by atoms with Crippen LogP contribution in [-0.2, 0) is 23.7 Å². The maximum Gasteiger partial charge on any atom is 0.217 e. The molecule has 158 valence electrons. The van der Waals surface area contributed by atoms with E-state index in [1.54, 1.807) is 6.92 Å². The number of rotatable bonds is 6. The van der Waals surface area contributed by atoms with Gasteiger partial charge in [0.2, 0.25) is 5.91 Å². The Bertz CT molecular complexity index is 495. The number of nitrogens with one attached hydrogen (secondary N) is 1. The van der Waals surface area contributed by atoms with Gasteiger partial charge in [0.1, 0.15) is 42.7 Å². The van der Waals surface area contributed by atoms with Gasteiger partial charge in [0.15, 0.2) is 6.29 Å². The van der Waals surface area contributed by atoms with Gasteiger partial charge >= 0.3 is 0 Å². The second-order valence-corrected chi connectivity index (χ2v) is 6.87. The highest BCUT2D eigenvalue weighted by molar-refractivity contribution is 5.73. The van der Waals surface area contributed by atoms with Crippen LogP contribution in [0.5, 0.6) is 0 Å². The quantitative estimate of drug-likeness (QED) is 0.265. The number of aliphatic hydroxyl groups excluding tert-OH is 4. The number of hydrogen-bond donors (Lipinski definition) is 6. The molecular weight excluding hydrogens is 364 g/mol. The molecule has 0 spiro atoms. The normalized spacial score (nSPS) is 45.5. The summed E-state index contributed by atoms with van der Waals surface area (Å²) in [5.41, 5.74) is 5.92. The van der Waals surface area contributed by atoms with Crippen LogP contribution in [0.2, 0.25) is 0 Å². The van der Waals surface area contributed by atoms with E-state index in [4.69, 9.17) is 24.7 Å². The summed E-state index contributed by atoms with van der Waals surface area (Å²) in [6, 6.07) is -1.82. The minimum absolute atomic E-state index is 0.441. The fourth-order valence-corrected chi connectivity index (χ4v) is 3.49. The van der Waals surface area contributed by atoms with Crippen LogP contribution < -0.4 is 11.1 Å². The third kappa shape index (κ3) is 4.75. The van der Waals surface area contributed by atoms with Crippen LogP contribution in [0.1, 0.15) is 13.8 Å². The topological polar surface area (TPSA) is 173 Å². The molecular formula is C16H30N2O9. The molecule has 2 fully saturated rings. The average molecular weight is 394 g/mol. The van der Waals surface area contributed by atoms with Crippen LogP contribution in [0.25, 0.3) is 0 Å². The lowest BCUT2D eigenvalue weighted by atomic mass is 9.93. The van der Waals surface area contributed by atoms with Crippen molar-refractivity contribution in [2.24, 2.45) is 5.73 Å². The maximum absolute atomic E-state index is 11.6. The zero-order valence-electron chi connectivity index (χ0n) is 15.6. The lowest BCUT2D eigenvalue weighted by Crippen LogP contribution is -2.68. The Kier molecular flexibility index (Phi) is 7.92. The van der Waals surface area contributed by atoms with E-state index < -0.39 is 80.2 Å². The lowest BCUT2D eigenvalue weighted by molar-refractivity contribution is -0.314. The van der Waals surface area contributed by atoms with E-state index in [1.165, 1.54) is 14.0 Å². The first-order valence-electron chi connectivity index (χ1n) is 8.84. The Labute approximate surface area is 157 Å². The van der Waals surface area contributed by atoms with E-state index in [1.807, 2.05) is 0 Å². The summed E-state index contributed by atoms with van der Waals surface area (Å²) in [4.78, 5) is 11.6. The van der Waals surface area contributed by atoms with Gasteiger partial charge in [-0.1, -0.05) is 0 Å². The van der Waals surface area contributed by atoms with Gasteiger partial charge in [0.05, 0.1) is 25.4 Å². The molecule has 0 aromatic rings. The third-order valence-electron chi connectivity index (χ3n) is 5.00. The summed E-state index contributed by atoms with van der Waals surface area (Å²) < 4.78 is 22.2. The van der Waals surface area contributed by atoms with Crippen LogP contribution in [0.15, 0.2) is 0 Å². The number of ether oxygens (including phenoxy) is 4. The molecule has 0 saturated carbocycles. The molecule has 11 heteroatoms. The third-order valence-corrected chi connectivity index (χ3v) is 5.00. The molecule has 2 aliphatic heterocycles. The number of hydrogen-bond acceptors (Lipinski definition) is 10. The molecule has 2 aliphatic rings. The molecule has 2 heterocycles. The van der Waals surface area contributed by atoms with Gasteiger partial charge in [-0.2, -0.15) is 0 Å². The van der Waals surface area contributed by atoms with Gasteiger partial charge in [-0.05, 0) is 6.92 Å². The Morgan fingerprint density at radius 2 is 1.70 bits per heavy atom. The second-order valence-electron chi connectivity index (χ2n) is 6.87. The van der Waals surface area contributed by atoms with Crippen LogP contribution in [0, 0.1) is 0 Å². The van der Waals surface area contributed by atoms with Crippen molar-refractivity contribution >= 4 is 5.91 Å². The predicted octanol–water partition coefficient (Wildman–Crippen LogP) is -3.56. The zero-order chi connectivity index (χ0) is 20.3. The Morgan fingerprint density at radius 1 is 1.11 bits per heavy atom. The van der Waals surface area contributed by atoms with E-state index in [2.05, 4.69) is 5.32 Å². The molecule has 0 aliphatic carbocycles. The van der Waals surface area contributed by atoms with Crippen LogP contribution in [-0.4, -0.2) is 108 Å². The minimum Gasteiger partial charge on any atom is -0.394 e. The number of methoxy groups -OCH3 is 1. The molecule has 5 unspecified atom stereocenters. The molecule has 2 saturated heterocycles. The van der Waals surface area contributed by atoms with Crippen LogP contribution >= 0.6 is 0 Å². The molecule has 7 N–H and O–H groups in total. The average Bonchev–Trinajstić information content (AvgIpc) is 2.63. The Balaban J connectivity index is 2.24. The van der Waals surface area contributed by atoms with Gasteiger partial charge in [0, 0.05) is 14.0 Å². The molecule has 0 bridgehead atoms. The van der Waals surface area contributed by atoms with E-state index in [0.717, 1.165) is 0 Å².